The fraction of sp³-hybridized carbons (Fsp3) is 0.857. The molecule has 0 bridgehead atoms. The minimum absolute atomic E-state index is 0.183. The highest BCUT2D eigenvalue weighted by molar-refractivity contribution is 5.81. The molecule has 0 heterocycles. The minimum atomic E-state index is -0.306. The molecule has 72 valence electrons. The average Bonchev–Trinajstić information content (AvgIpc) is 2.00. The zero-order chi connectivity index (χ0) is 9.56. The molecule has 1 unspecified atom stereocenters. The first-order valence-corrected chi connectivity index (χ1v) is 3.89. The molecule has 0 aliphatic rings. The number of likely N-dealkylation sites (N-methyl/N-ethyl adjacent to an activating group) is 1. The monoisotopic (exact) mass is 175 g/mol. The van der Waals surface area contributed by atoms with E-state index in [1.54, 1.807) is 6.92 Å². The van der Waals surface area contributed by atoms with Crippen LogP contribution in [0.3, 0.4) is 0 Å². The molecule has 0 radical (unpaired) electrons. The van der Waals surface area contributed by atoms with Crippen LogP contribution in [0.15, 0.2) is 5.16 Å². The summed E-state index contributed by atoms with van der Waals surface area (Å²) in [5.41, 5.74) is 5.28. The number of hydrogen-bond donors (Lipinski definition) is 3. The van der Waals surface area contributed by atoms with Crippen molar-refractivity contribution in [2.75, 3.05) is 20.1 Å². The summed E-state index contributed by atoms with van der Waals surface area (Å²) in [4.78, 5) is 1.88. The van der Waals surface area contributed by atoms with Gasteiger partial charge in [0, 0.05) is 6.54 Å². The molecule has 0 aromatic heterocycles. The van der Waals surface area contributed by atoms with Crippen molar-refractivity contribution in [3.63, 3.8) is 0 Å². The van der Waals surface area contributed by atoms with Crippen LogP contribution >= 0.6 is 0 Å². The molecule has 0 spiro atoms. The third kappa shape index (κ3) is 5.94. The van der Waals surface area contributed by atoms with Crippen molar-refractivity contribution in [2.24, 2.45) is 10.9 Å². The molecule has 5 heteroatoms. The van der Waals surface area contributed by atoms with Crippen molar-refractivity contribution < 1.29 is 10.3 Å². The second-order valence-corrected chi connectivity index (χ2v) is 2.97. The van der Waals surface area contributed by atoms with Crippen LogP contribution in [-0.4, -0.2) is 47.3 Å². The average molecular weight is 175 g/mol. The third-order valence-corrected chi connectivity index (χ3v) is 1.49. The van der Waals surface area contributed by atoms with Gasteiger partial charge in [-0.2, -0.15) is 0 Å². The Hall–Kier alpha value is -0.810. The van der Waals surface area contributed by atoms with Crippen LogP contribution in [0.4, 0.5) is 0 Å². The van der Waals surface area contributed by atoms with Crippen molar-refractivity contribution in [2.45, 2.75) is 19.4 Å². The van der Waals surface area contributed by atoms with Crippen LogP contribution in [0.1, 0.15) is 13.3 Å². The summed E-state index contributed by atoms with van der Waals surface area (Å²) in [6, 6.07) is 0. The molecule has 1 atom stereocenters. The van der Waals surface area contributed by atoms with Gasteiger partial charge in [-0.25, -0.2) is 0 Å². The Bertz CT molecular complexity index is 148. The second kappa shape index (κ2) is 5.79. The van der Waals surface area contributed by atoms with Crippen LogP contribution < -0.4 is 5.73 Å². The van der Waals surface area contributed by atoms with E-state index in [0.29, 0.717) is 13.0 Å². The van der Waals surface area contributed by atoms with Gasteiger partial charge in [0.1, 0.15) is 0 Å². The molecule has 0 aromatic rings. The number of amidine groups is 1. The smallest absolute Gasteiger partial charge is 0.153 e. The summed E-state index contributed by atoms with van der Waals surface area (Å²) in [5.74, 6) is 0.183. The van der Waals surface area contributed by atoms with E-state index in [1.165, 1.54) is 0 Å². The predicted molar refractivity (Wildman–Crippen MR) is 47.2 cm³/mol. The lowest BCUT2D eigenvalue weighted by molar-refractivity contribution is 0.168. The summed E-state index contributed by atoms with van der Waals surface area (Å²) in [6.07, 6.45) is 0.384. The molecule has 0 fully saturated rings. The Morgan fingerprint density at radius 3 is 2.67 bits per heavy atom. The molecule has 4 N–H and O–H groups in total. The summed E-state index contributed by atoms with van der Waals surface area (Å²) in [6.45, 7) is 2.88. The van der Waals surface area contributed by atoms with E-state index in [4.69, 9.17) is 16.0 Å². The number of nitrogens with zero attached hydrogens (tertiary/aromatic N) is 2. The largest absolute Gasteiger partial charge is 0.409 e. The molecule has 12 heavy (non-hydrogen) atoms. The van der Waals surface area contributed by atoms with Gasteiger partial charge in [0.15, 0.2) is 5.84 Å². The van der Waals surface area contributed by atoms with Gasteiger partial charge in [0.2, 0.25) is 0 Å². The first-order valence-electron chi connectivity index (χ1n) is 3.89. The van der Waals surface area contributed by atoms with Gasteiger partial charge in [0.05, 0.1) is 12.6 Å². The standard InChI is InChI=1S/C7H17N3O2/c1-6(11)3-4-10(2)5-7(8)9-12/h6,11-12H,3-5H2,1-2H3,(H2,8,9). The Kier molecular flexibility index (Phi) is 5.40. The zero-order valence-corrected chi connectivity index (χ0v) is 7.56. The highest BCUT2D eigenvalue weighted by Gasteiger charge is 2.02. The van der Waals surface area contributed by atoms with E-state index < -0.39 is 0 Å². The number of hydrogen-bond acceptors (Lipinski definition) is 4. The molecule has 0 saturated carbocycles. The van der Waals surface area contributed by atoms with Gasteiger partial charge in [-0.15, -0.1) is 0 Å². The number of aliphatic hydroxyl groups is 1. The van der Waals surface area contributed by atoms with Crippen molar-refractivity contribution in [1.82, 2.24) is 4.90 Å². The van der Waals surface area contributed by atoms with Crippen LogP contribution in [0.2, 0.25) is 0 Å². The maximum Gasteiger partial charge on any atom is 0.153 e. The van der Waals surface area contributed by atoms with Gasteiger partial charge < -0.3 is 16.0 Å². The minimum Gasteiger partial charge on any atom is -0.409 e. The van der Waals surface area contributed by atoms with Crippen molar-refractivity contribution in [3.8, 4) is 0 Å². The van der Waals surface area contributed by atoms with Gasteiger partial charge in [-0.1, -0.05) is 5.16 Å². The van der Waals surface area contributed by atoms with Crippen molar-refractivity contribution in [3.05, 3.63) is 0 Å². The zero-order valence-electron chi connectivity index (χ0n) is 7.56. The highest BCUT2D eigenvalue weighted by atomic mass is 16.4. The Morgan fingerprint density at radius 2 is 2.25 bits per heavy atom. The Labute approximate surface area is 72.5 Å². The molecule has 5 nitrogen and oxygen atoms in total. The quantitative estimate of drug-likeness (QED) is 0.226. The molecular formula is C7H17N3O2. The topological polar surface area (TPSA) is 82.1 Å². The van der Waals surface area contributed by atoms with Crippen molar-refractivity contribution >= 4 is 5.84 Å². The molecule has 0 amide bonds. The van der Waals surface area contributed by atoms with E-state index in [9.17, 15) is 0 Å². The van der Waals surface area contributed by atoms with Gasteiger partial charge >= 0.3 is 0 Å². The molecule has 0 rings (SSSR count). The Morgan fingerprint density at radius 1 is 1.67 bits per heavy atom. The van der Waals surface area contributed by atoms with E-state index in [0.717, 1.165) is 6.54 Å². The number of aliphatic hydroxyl groups excluding tert-OH is 1. The van der Waals surface area contributed by atoms with Gasteiger partial charge in [-0.3, -0.25) is 4.90 Å². The fourth-order valence-corrected chi connectivity index (χ4v) is 0.794. The summed E-state index contributed by atoms with van der Waals surface area (Å²) in [7, 11) is 1.85. The second-order valence-electron chi connectivity index (χ2n) is 2.97. The molecule has 0 saturated heterocycles. The van der Waals surface area contributed by atoms with Crippen LogP contribution in [0.5, 0.6) is 0 Å². The highest BCUT2D eigenvalue weighted by Crippen LogP contribution is 1.92. The molecule has 0 aliphatic carbocycles. The van der Waals surface area contributed by atoms with E-state index in [-0.39, 0.29) is 11.9 Å². The summed E-state index contributed by atoms with van der Waals surface area (Å²) < 4.78 is 0. The van der Waals surface area contributed by atoms with Crippen LogP contribution in [0.25, 0.3) is 0 Å². The maximum atomic E-state index is 8.96. The lowest BCUT2D eigenvalue weighted by Crippen LogP contribution is -2.32. The van der Waals surface area contributed by atoms with Crippen LogP contribution in [-0.2, 0) is 0 Å². The SMILES string of the molecule is CC(O)CCN(C)CC(N)=NO. The maximum absolute atomic E-state index is 8.96. The first kappa shape index (κ1) is 11.2. The number of oxime groups is 1. The van der Waals surface area contributed by atoms with Crippen molar-refractivity contribution in [1.29, 1.82) is 0 Å². The summed E-state index contributed by atoms with van der Waals surface area (Å²) in [5, 5.41) is 20.0. The van der Waals surface area contributed by atoms with E-state index >= 15 is 0 Å². The van der Waals surface area contributed by atoms with E-state index in [1.807, 2.05) is 11.9 Å². The first-order chi connectivity index (χ1) is 5.56. The lowest BCUT2D eigenvalue weighted by Gasteiger charge is -2.15. The predicted octanol–water partition coefficient (Wildman–Crippen LogP) is -0.564. The number of rotatable bonds is 5. The normalized spacial score (nSPS) is 15.2. The van der Waals surface area contributed by atoms with Gasteiger partial charge in [-0.05, 0) is 20.4 Å². The lowest BCUT2D eigenvalue weighted by atomic mass is 10.3. The number of nitrogens with two attached hydrogens (primary N) is 1. The van der Waals surface area contributed by atoms with E-state index in [2.05, 4.69) is 5.16 Å². The Balaban J connectivity index is 3.53. The fourth-order valence-electron chi connectivity index (χ4n) is 0.794. The summed E-state index contributed by atoms with van der Waals surface area (Å²) >= 11 is 0. The molecule has 0 aromatic carbocycles. The van der Waals surface area contributed by atoms with Crippen LogP contribution in [0, 0.1) is 0 Å². The molecule has 0 aliphatic heterocycles. The molecular weight excluding hydrogens is 158 g/mol. The third-order valence-electron chi connectivity index (χ3n) is 1.49. The van der Waals surface area contributed by atoms with Gasteiger partial charge in [0.25, 0.3) is 0 Å².